The molecule has 0 aliphatic rings. The second-order valence-electron chi connectivity index (χ2n) is 6.69. The number of nitrogens with zero attached hydrogens (tertiary/aromatic N) is 2. The van der Waals surface area contributed by atoms with Crippen LogP contribution < -0.4 is 10.1 Å². The normalized spacial score (nSPS) is 11.0. The Morgan fingerprint density at radius 2 is 1.93 bits per heavy atom. The SMILES string of the molecule is CC(C)Oc1ccc(C(=O)Nc2cccc3c(-c4cn[nH]c4)ccnc23)cc1. The number of aromatic amines is 1. The molecule has 0 spiro atoms. The molecule has 0 aliphatic heterocycles. The van der Waals surface area contributed by atoms with Crippen molar-refractivity contribution in [2.45, 2.75) is 20.0 Å². The van der Waals surface area contributed by atoms with Crippen molar-refractivity contribution in [1.29, 1.82) is 0 Å². The van der Waals surface area contributed by atoms with Crippen LogP contribution >= 0.6 is 0 Å². The maximum Gasteiger partial charge on any atom is 0.255 e. The van der Waals surface area contributed by atoms with Gasteiger partial charge in [0.15, 0.2) is 0 Å². The number of H-pyrrole nitrogens is 1. The van der Waals surface area contributed by atoms with Crippen LogP contribution in [0.25, 0.3) is 22.0 Å². The summed E-state index contributed by atoms with van der Waals surface area (Å²) >= 11 is 0. The molecule has 6 nitrogen and oxygen atoms in total. The maximum atomic E-state index is 12.7. The Bertz CT molecular complexity index is 1100. The number of fused-ring (bicyclic) bond motifs is 1. The minimum absolute atomic E-state index is 0.0888. The molecular weight excluding hydrogens is 352 g/mol. The van der Waals surface area contributed by atoms with Crippen molar-refractivity contribution in [3.05, 3.63) is 72.7 Å². The summed E-state index contributed by atoms with van der Waals surface area (Å²) in [5.41, 5.74) is 3.92. The summed E-state index contributed by atoms with van der Waals surface area (Å²) in [4.78, 5) is 17.2. The number of ether oxygens (including phenoxy) is 1. The van der Waals surface area contributed by atoms with E-state index in [0.29, 0.717) is 11.3 Å². The molecule has 0 bridgehead atoms. The fourth-order valence-corrected chi connectivity index (χ4v) is 3.08. The molecule has 140 valence electrons. The molecule has 2 heterocycles. The van der Waals surface area contributed by atoms with Gasteiger partial charge in [-0.15, -0.1) is 0 Å². The predicted molar refractivity (Wildman–Crippen MR) is 109 cm³/mol. The summed E-state index contributed by atoms with van der Waals surface area (Å²) in [7, 11) is 0. The number of hydrogen-bond donors (Lipinski definition) is 2. The van der Waals surface area contributed by atoms with E-state index in [9.17, 15) is 4.79 Å². The van der Waals surface area contributed by atoms with E-state index in [1.54, 1.807) is 36.7 Å². The first kappa shape index (κ1) is 17.7. The van der Waals surface area contributed by atoms with E-state index in [4.69, 9.17) is 4.74 Å². The number of para-hydroxylation sites is 1. The van der Waals surface area contributed by atoms with Crippen molar-refractivity contribution < 1.29 is 9.53 Å². The summed E-state index contributed by atoms with van der Waals surface area (Å²) < 4.78 is 5.62. The second kappa shape index (κ2) is 7.52. The average Bonchev–Trinajstić information content (AvgIpc) is 3.22. The molecule has 0 fully saturated rings. The Morgan fingerprint density at radius 1 is 1.11 bits per heavy atom. The number of hydrogen-bond acceptors (Lipinski definition) is 4. The topological polar surface area (TPSA) is 79.9 Å². The lowest BCUT2D eigenvalue weighted by molar-refractivity contribution is 0.102. The van der Waals surface area contributed by atoms with Crippen molar-refractivity contribution >= 4 is 22.5 Å². The zero-order chi connectivity index (χ0) is 19.5. The highest BCUT2D eigenvalue weighted by atomic mass is 16.5. The Balaban J connectivity index is 1.63. The van der Waals surface area contributed by atoms with E-state index in [0.717, 1.165) is 27.8 Å². The number of carbonyl (C=O) groups excluding carboxylic acids is 1. The van der Waals surface area contributed by atoms with Gasteiger partial charge < -0.3 is 10.1 Å². The van der Waals surface area contributed by atoms with Crippen LogP contribution in [0, 0.1) is 0 Å². The summed E-state index contributed by atoms with van der Waals surface area (Å²) in [5.74, 6) is 0.544. The highest BCUT2D eigenvalue weighted by Crippen LogP contribution is 2.30. The number of nitrogens with one attached hydrogen (secondary N) is 2. The lowest BCUT2D eigenvalue weighted by atomic mass is 10.0. The van der Waals surface area contributed by atoms with Crippen molar-refractivity contribution in [2.24, 2.45) is 0 Å². The molecule has 2 aromatic carbocycles. The number of rotatable bonds is 5. The Kier molecular flexibility index (Phi) is 4.76. The highest BCUT2D eigenvalue weighted by Gasteiger charge is 2.12. The van der Waals surface area contributed by atoms with Crippen LogP contribution in [-0.4, -0.2) is 27.2 Å². The van der Waals surface area contributed by atoms with Gasteiger partial charge in [0.2, 0.25) is 0 Å². The number of anilines is 1. The highest BCUT2D eigenvalue weighted by molar-refractivity contribution is 6.10. The minimum Gasteiger partial charge on any atom is -0.491 e. The van der Waals surface area contributed by atoms with E-state index in [2.05, 4.69) is 20.5 Å². The number of aromatic nitrogens is 3. The zero-order valence-corrected chi connectivity index (χ0v) is 15.6. The van der Waals surface area contributed by atoms with Gasteiger partial charge in [-0.3, -0.25) is 14.9 Å². The van der Waals surface area contributed by atoms with Crippen LogP contribution in [0.4, 0.5) is 5.69 Å². The molecule has 28 heavy (non-hydrogen) atoms. The van der Waals surface area contributed by atoms with Gasteiger partial charge in [-0.05, 0) is 55.8 Å². The predicted octanol–water partition coefficient (Wildman–Crippen LogP) is 4.66. The fourth-order valence-electron chi connectivity index (χ4n) is 3.08. The molecule has 0 aliphatic carbocycles. The Labute approximate surface area is 162 Å². The Morgan fingerprint density at radius 3 is 2.64 bits per heavy atom. The van der Waals surface area contributed by atoms with Gasteiger partial charge in [-0.25, -0.2) is 0 Å². The molecule has 0 radical (unpaired) electrons. The van der Waals surface area contributed by atoms with Gasteiger partial charge in [-0.2, -0.15) is 5.10 Å². The zero-order valence-electron chi connectivity index (χ0n) is 15.6. The smallest absolute Gasteiger partial charge is 0.255 e. The first-order chi connectivity index (χ1) is 13.6. The maximum absolute atomic E-state index is 12.7. The van der Waals surface area contributed by atoms with E-state index in [1.165, 1.54) is 0 Å². The molecule has 0 atom stereocenters. The molecule has 0 saturated heterocycles. The van der Waals surface area contributed by atoms with E-state index in [1.807, 2.05) is 44.3 Å². The summed E-state index contributed by atoms with van der Waals surface area (Å²) in [6.07, 6.45) is 5.42. The second-order valence-corrected chi connectivity index (χ2v) is 6.69. The molecule has 2 N–H and O–H groups in total. The first-order valence-electron chi connectivity index (χ1n) is 9.07. The number of carbonyl (C=O) groups is 1. The number of amides is 1. The first-order valence-corrected chi connectivity index (χ1v) is 9.07. The van der Waals surface area contributed by atoms with E-state index in [-0.39, 0.29) is 12.0 Å². The van der Waals surface area contributed by atoms with Crippen LogP contribution in [0.5, 0.6) is 5.75 Å². The third kappa shape index (κ3) is 3.57. The van der Waals surface area contributed by atoms with Crippen molar-refractivity contribution in [3.8, 4) is 16.9 Å². The average molecular weight is 372 g/mol. The quantitative estimate of drug-likeness (QED) is 0.534. The summed E-state index contributed by atoms with van der Waals surface area (Å²) in [6, 6.07) is 14.8. The lowest BCUT2D eigenvalue weighted by Gasteiger charge is -2.12. The molecular formula is C22H20N4O2. The van der Waals surface area contributed by atoms with Crippen molar-refractivity contribution in [2.75, 3.05) is 5.32 Å². The Hall–Kier alpha value is -3.67. The third-order valence-corrected chi connectivity index (χ3v) is 4.32. The molecule has 2 aromatic heterocycles. The largest absolute Gasteiger partial charge is 0.491 e. The molecule has 1 amide bonds. The summed E-state index contributed by atoms with van der Waals surface area (Å²) in [5, 5.41) is 10.8. The van der Waals surface area contributed by atoms with E-state index < -0.39 is 0 Å². The molecule has 6 heteroatoms. The van der Waals surface area contributed by atoms with Crippen LogP contribution in [0.3, 0.4) is 0 Å². The van der Waals surface area contributed by atoms with Crippen molar-refractivity contribution in [3.63, 3.8) is 0 Å². The fraction of sp³-hybridized carbons (Fsp3) is 0.136. The molecule has 0 unspecified atom stereocenters. The van der Waals surface area contributed by atoms with Gasteiger partial charge in [0.1, 0.15) is 5.75 Å². The molecule has 4 rings (SSSR count). The van der Waals surface area contributed by atoms with Gasteiger partial charge in [0, 0.05) is 28.9 Å². The third-order valence-electron chi connectivity index (χ3n) is 4.32. The minimum atomic E-state index is -0.195. The van der Waals surface area contributed by atoms with E-state index >= 15 is 0 Å². The van der Waals surface area contributed by atoms with Crippen LogP contribution in [0.1, 0.15) is 24.2 Å². The monoisotopic (exact) mass is 372 g/mol. The van der Waals surface area contributed by atoms with Crippen LogP contribution in [-0.2, 0) is 0 Å². The lowest BCUT2D eigenvalue weighted by Crippen LogP contribution is -2.12. The van der Waals surface area contributed by atoms with Gasteiger partial charge in [0.05, 0.1) is 23.5 Å². The number of pyridine rings is 1. The van der Waals surface area contributed by atoms with Crippen molar-refractivity contribution in [1.82, 2.24) is 15.2 Å². The van der Waals surface area contributed by atoms with Gasteiger partial charge in [0.25, 0.3) is 5.91 Å². The van der Waals surface area contributed by atoms with Gasteiger partial charge >= 0.3 is 0 Å². The standard InChI is InChI=1S/C22H20N4O2/c1-14(2)28-17-8-6-15(7-9-17)22(27)26-20-5-3-4-19-18(10-11-23-21(19)20)16-12-24-25-13-16/h3-14H,1-2H3,(H,24,25)(H,26,27). The molecule has 4 aromatic rings. The van der Waals surface area contributed by atoms with Gasteiger partial charge in [-0.1, -0.05) is 12.1 Å². The van der Waals surface area contributed by atoms with Crippen LogP contribution in [0.15, 0.2) is 67.1 Å². The van der Waals surface area contributed by atoms with Crippen LogP contribution in [0.2, 0.25) is 0 Å². The summed E-state index contributed by atoms with van der Waals surface area (Å²) in [6.45, 7) is 3.93. The molecule has 0 saturated carbocycles. The number of benzene rings is 2.